The minimum Gasteiger partial charge on any atom is -0.488 e. The van der Waals surface area contributed by atoms with Gasteiger partial charge in [-0.25, -0.2) is 9.37 Å². The van der Waals surface area contributed by atoms with Gasteiger partial charge in [0.1, 0.15) is 31.7 Å². The fourth-order valence-corrected chi connectivity index (χ4v) is 1.61. The molecule has 0 unspecified atom stereocenters. The highest BCUT2D eigenvalue weighted by Gasteiger charge is 2.07. The lowest BCUT2D eigenvalue weighted by molar-refractivity contribution is 0.294. The van der Waals surface area contributed by atoms with Gasteiger partial charge < -0.3 is 4.74 Å². The fraction of sp³-hybridized carbons (Fsp3) is 0.0714. The maximum atomic E-state index is 13.4. The van der Waals surface area contributed by atoms with Crippen molar-refractivity contribution in [3.8, 4) is 18.1 Å². The van der Waals surface area contributed by atoms with E-state index in [1.54, 1.807) is 18.2 Å². The van der Waals surface area contributed by atoms with Gasteiger partial charge in [0.05, 0.1) is 0 Å². The van der Waals surface area contributed by atoms with E-state index in [0.717, 1.165) is 23.2 Å². The summed E-state index contributed by atoms with van der Waals surface area (Å²) in [6.45, 7) is -0.139. The van der Waals surface area contributed by atoms with Gasteiger partial charge in [-0.3, -0.25) is 0 Å². The first kappa shape index (κ1) is 13.1. The standard InChI is InChI=1S/C14H10BF2NO/c1-2-9-3-5-13(10(15)7-9)19-8-12-11(16)4-6-14(17)18-12/h1,3-7H,8,15H2. The number of nitrogens with zero attached hydrogens (tertiary/aromatic N) is 1. The zero-order chi connectivity index (χ0) is 13.8. The SMILES string of the molecule is Bc1cc(C#C)ccc1OCc1nc(F)ccc1F. The van der Waals surface area contributed by atoms with Crippen molar-refractivity contribution in [3.05, 3.63) is 53.4 Å². The van der Waals surface area contributed by atoms with Crippen LogP contribution in [0.1, 0.15) is 11.3 Å². The van der Waals surface area contributed by atoms with Crippen molar-refractivity contribution >= 4 is 13.3 Å². The Morgan fingerprint density at radius 2 is 2.05 bits per heavy atom. The minimum atomic E-state index is -0.737. The molecule has 0 spiro atoms. The first-order chi connectivity index (χ1) is 9.10. The maximum absolute atomic E-state index is 13.4. The monoisotopic (exact) mass is 257 g/mol. The zero-order valence-corrected chi connectivity index (χ0v) is 10.3. The van der Waals surface area contributed by atoms with Gasteiger partial charge >= 0.3 is 0 Å². The van der Waals surface area contributed by atoms with Gasteiger partial charge in [-0.05, 0) is 35.8 Å². The second kappa shape index (κ2) is 5.53. The Labute approximate surface area is 110 Å². The molecule has 94 valence electrons. The lowest BCUT2D eigenvalue weighted by Gasteiger charge is -2.09. The molecule has 2 nitrogen and oxygen atoms in total. The molecule has 0 saturated carbocycles. The number of halogens is 2. The summed E-state index contributed by atoms with van der Waals surface area (Å²) in [7, 11) is 1.82. The summed E-state index contributed by atoms with van der Waals surface area (Å²) >= 11 is 0. The predicted octanol–water partition coefficient (Wildman–Crippen LogP) is 1.18. The van der Waals surface area contributed by atoms with Crippen LogP contribution in [0.25, 0.3) is 0 Å². The van der Waals surface area contributed by atoms with Crippen molar-refractivity contribution in [1.82, 2.24) is 4.98 Å². The molecule has 5 heteroatoms. The highest BCUT2D eigenvalue weighted by molar-refractivity contribution is 6.34. The molecule has 0 amide bonds. The lowest BCUT2D eigenvalue weighted by Crippen LogP contribution is -2.11. The minimum absolute atomic E-state index is 0.0690. The summed E-state index contributed by atoms with van der Waals surface area (Å²) in [5.74, 6) is 1.73. The van der Waals surface area contributed by atoms with Crippen LogP contribution in [-0.2, 0) is 6.61 Å². The molecule has 0 aliphatic rings. The van der Waals surface area contributed by atoms with E-state index in [-0.39, 0.29) is 12.3 Å². The van der Waals surface area contributed by atoms with Crippen LogP contribution in [0.4, 0.5) is 8.78 Å². The summed E-state index contributed by atoms with van der Waals surface area (Å²) in [6.07, 6.45) is 5.28. The Morgan fingerprint density at radius 3 is 2.74 bits per heavy atom. The lowest BCUT2D eigenvalue weighted by atomic mass is 9.93. The Bertz CT molecular complexity index is 652. The molecule has 0 fully saturated rings. The molecule has 1 heterocycles. The van der Waals surface area contributed by atoms with E-state index in [0.29, 0.717) is 5.75 Å². The quantitative estimate of drug-likeness (QED) is 0.468. The van der Waals surface area contributed by atoms with Gasteiger partial charge in [0.2, 0.25) is 5.95 Å². The number of hydrogen-bond acceptors (Lipinski definition) is 2. The van der Waals surface area contributed by atoms with E-state index in [2.05, 4.69) is 10.9 Å². The van der Waals surface area contributed by atoms with Crippen LogP contribution in [0, 0.1) is 24.1 Å². The molecule has 0 aliphatic heterocycles. The number of benzene rings is 1. The number of terminal acetylenes is 1. The summed E-state index contributed by atoms with van der Waals surface area (Å²) in [6, 6.07) is 7.19. The van der Waals surface area contributed by atoms with Crippen molar-refractivity contribution in [2.75, 3.05) is 0 Å². The molecule has 1 aromatic carbocycles. The summed E-state index contributed by atoms with van der Waals surface area (Å²) in [4.78, 5) is 3.45. The predicted molar refractivity (Wildman–Crippen MR) is 71.0 cm³/mol. The highest BCUT2D eigenvalue weighted by Crippen LogP contribution is 2.12. The van der Waals surface area contributed by atoms with Crippen LogP contribution < -0.4 is 10.2 Å². The van der Waals surface area contributed by atoms with Crippen LogP contribution in [0.15, 0.2) is 30.3 Å². The van der Waals surface area contributed by atoms with Gasteiger partial charge in [0.15, 0.2) is 0 Å². The molecule has 0 saturated heterocycles. The molecule has 2 aromatic rings. The summed E-state index contributed by atoms with van der Waals surface area (Å²) in [5, 5.41) is 0. The van der Waals surface area contributed by atoms with Crippen LogP contribution >= 0.6 is 0 Å². The number of pyridine rings is 1. The second-order valence-corrected chi connectivity index (χ2v) is 3.98. The molecule has 2 rings (SSSR count). The third kappa shape index (κ3) is 3.11. The van der Waals surface area contributed by atoms with Crippen LogP contribution in [0.3, 0.4) is 0 Å². The first-order valence-electron chi connectivity index (χ1n) is 5.61. The average Bonchev–Trinajstić information content (AvgIpc) is 2.40. The van der Waals surface area contributed by atoms with Crippen LogP contribution in [-0.4, -0.2) is 12.8 Å². The number of rotatable bonds is 3. The molecule has 0 N–H and O–H groups in total. The summed E-state index contributed by atoms with van der Waals surface area (Å²) < 4.78 is 31.7. The van der Waals surface area contributed by atoms with Gasteiger partial charge in [-0.15, -0.1) is 6.42 Å². The largest absolute Gasteiger partial charge is 0.488 e. The third-order valence-corrected chi connectivity index (χ3v) is 2.59. The van der Waals surface area contributed by atoms with E-state index in [9.17, 15) is 8.78 Å². The Kier molecular flexibility index (Phi) is 3.81. The van der Waals surface area contributed by atoms with Gasteiger partial charge in [0.25, 0.3) is 0 Å². The number of ether oxygens (including phenoxy) is 1. The third-order valence-electron chi connectivity index (χ3n) is 2.59. The zero-order valence-electron chi connectivity index (χ0n) is 10.3. The smallest absolute Gasteiger partial charge is 0.213 e. The topological polar surface area (TPSA) is 22.1 Å². The van der Waals surface area contributed by atoms with Crippen molar-refractivity contribution in [2.45, 2.75) is 6.61 Å². The summed E-state index contributed by atoms with van der Waals surface area (Å²) in [5.41, 5.74) is 1.49. The normalized spacial score (nSPS) is 9.95. The molecular formula is C14H10BF2NO. The average molecular weight is 257 g/mol. The maximum Gasteiger partial charge on any atom is 0.213 e. The molecule has 0 radical (unpaired) electrons. The van der Waals surface area contributed by atoms with Crippen molar-refractivity contribution < 1.29 is 13.5 Å². The van der Waals surface area contributed by atoms with E-state index in [1.165, 1.54) is 0 Å². The van der Waals surface area contributed by atoms with Gasteiger partial charge in [0, 0.05) is 5.56 Å². The van der Waals surface area contributed by atoms with E-state index >= 15 is 0 Å². The highest BCUT2D eigenvalue weighted by atomic mass is 19.1. The van der Waals surface area contributed by atoms with E-state index < -0.39 is 11.8 Å². The fourth-order valence-electron chi connectivity index (χ4n) is 1.61. The van der Waals surface area contributed by atoms with Crippen molar-refractivity contribution in [2.24, 2.45) is 0 Å². The Hall–Kier alpha value is -2.35. The second-order valence-electron chi connectivity index (χ2n) is 3.98. The van der Waals surface area contributed by atoms with Crippen molar-refractivity contribution in [3.63, 3.8) is 0 Å². The van der Waals surface area contributed by atoms with Crippen LogP contribution in [0.2, 0.25) is 0 Å². The number of hydrogen-bond donors (Lipinski definition) is 0. The molecule has 0 bridgehead atoms. The van der Waals surface area contributed by atoms with Gasteiger partial charge in [-0.1, -0.05) is 5.92 Å². The Balaban J connectivity index is 2.15. The molecule has 19 heavy (non-hydrogen) atoms. The van der Waals surface area contributed by atoms with Gasteiger partial charge in [-0.2, -0.15) is 4.39 Å². The Morgan fingerprint density at radius 1 is 1.26 bits per heavy atom. The van der Waals surface area contributed by atoms with E-state index in [1.807, 2.05) is 7.85 Å². The molecule has 1 aromatic heterocycles. The molecular weight excluding hydrogens is 247 g/mol. The molecule has 0 aliphatic carbocycles. The van der Waals surface area contributed by atoms with Crippen LogP contribution in [0.5, 0.6) is 5.75 Å². The first-order valence-corrected chi connectivity index (χ1v) is 5.61. The molecule has 0 atom stereocenters. The van der Waals surface area contributed by atoms with Crippen molar-refractivity contribution in [1.29, 1.82) is 0 Å². The van der Waals surface area contributed by atoms with E-state index in [4.69, 9.17) is 11.2 Å². The number of aromatic nitrogens is 1.